The van der Waals surface area contributed by atoms with Crippen LogP contribution in [0.25, 0.3) is 11.1 Å². The van der Waals surface area contributed by atoms with E-state index in [0.717, 1.165) is 45.3 Å². The molecule has 1 unspecified atom stereocenters. The van der Waals surface area contributed by atoms with Crippen LogP contribution < -0.4 is 18.7 Å². The fourth-order valence-electron chi connectivity index (χ4n) is 3.30. The van der Waals surface area contributed by atoms with Crippen molar-refractivity contribution in [3.05, 3.63) is 35.4 Å². The Balaban J connectivity index is 2.98. The summed E-state index contributed by atoms with van der Waals surface area (Å²) in [6, 6.07) is 8.04. The highest BCUT2D eigenvalue weighted by molar-refractivity contribution is 7.10. The molecule has 0 amide bonds. The van der Waals surface area contributed by atoms with Gasteiger partial charge in [0.15, 0.2) is 0 Å². The zero-order valence-corrected chi connectivity index (χ0v) is 19.7. The molecule has 0 aliphatic rings. The van der Waals surface area contributed by atoms with Gasteiger partial charge in [-0.2, -0.15) is 0 Å². The molecule has 0 spiro atoms. The molecule has 0 radical (unpaired) electrons. The van der Waals surface area contributed by atoms with Crippen molar-refractivity contribution < 1.29 is 18.7 Å². The van der Waals surface area contributed by atoms with Gasteiger partial charge in [0.25, 0.3) is 0 Å². The van der Waals surface area contributed by atoms with Gasteiger partial charge in [0.2, 0.25) is 0 Å². The van der Waals surface area contributed by atoms with Crippen LogP contribution in [0.1, 0.15) is 52.7 Å². The van der Waals surface area contributed by atoms with Gasteiger partial charge < -0.3 is 18.7 Å². The molecule has 5 heteroatoms. The molecule has 154 valence electrons. The Labute approximate surface area is 171 Å². The van der Waals surface area contributed by atoms with Crippen molar-refractivity contribution in [1.29, 1.82) is 0 Å². The highest BCUT2D eigenvalue weighted by atomic mass is 31.0. The molecule has 1 atom stereocenters. The predicted octanol–water partition coefficient (Wildman–Crippen LogP) is 6.14. The van der Waals surface area contributed by atoms with E-state index in [4.69, 9.17) is 18.7 Å². The summed E-state index contributed by atoms with van der Waals surface area (Å²) >= 11 is 0. The number of hydrogen-bond donors (Lipinski definition) is 0. The van der Waals surface area contributed by atoms with Crippen LogP contribution in [0.15, 0.2) is 24.3 Å². The van der Waals surface area contributed by atoms with Crippen LogP contribution in [0.5, 0.6) is 23.0 Å². The minimum atomic E-state index is -0.131. The van der Waals surface area contributed by atoms with Crippen LogP contribution in [0.4, 0.5) is 0 Å². The van der Waals surface area contributed by atoms with Crippen LogP contribution >= 0.6 is 9.47 Å². The first-order valence-electron chi connectivity index (χ1n) is 9.34. The molecule has 2 aromatic rings. The lowest BCUT2D eigenvalue weighted by molar-refractivity contribution is 0.389. The molecule has 0 saturated carbocycles. The molecule has 0 aromatic heterocycles. The summed E-state index contributed by atoms with van der Waals surface area (Å²) in [5, 5.41) is 0. The molecule has 0 bridgehead atoms. The maximum atomic E-state index is 5.90. The number of hydrogen-bond acceptors (Lipinski definition) is 4. The van der Waals surface area contributed by atoms with Crippen molar-refractivity contribution in [2.24, 2.45) is 0 Å². The Morgan fingerprint density at radius 1 is 0.607 bits per heavy atom. The predicted molar refractivity (Wildman–Crippen MR) is 119 cm³/mol. The van der Waals surface area contributed by atoms with Gasteiger partial charge in [-0.1, -0.05) is 41.5 Å². The van der Waals surface area contributed by atoms with Gasteiger partial charge >= 0.3 is 0 Å². The van der Waals surface area contributed by atoms with Gasteiger partial charge in [-0.05, 0) is 35.1 Å². The molecular weight excluding hydrogens is 371 g/mol. The van der Waals surface area contributed by atoms with Crippen LogP contribution in [-0.4, -0.2) is 21.3 Å². The first-order valence-corrected chi connectivity index (χ1v) is 9.81. The van der Waals surface area contributed by atoms with Crippen molar-refractivity contribution in [1.82, 2.24) is 0 Å². The van der Waals surface area contributed by atoms with Crippen LogP contribution in [0.3, 0.4) is 0 Å². The molecule has 0 saturated heterocycles. The van der Waals surface area contributed by atoms with Crippen molar-refractivity contribution in [2.45, 2.75) is 52.4 Å². The molecule has 0 aliphatic carbocycles. The van der Waals surface area contributed by atoms with Crippen molar-refractivity contribution in [2.75, 3.05) is 21.3 Å². The fraction of sp³-hybridized carbons (Fsp3) is 0.478. The Morgan fingerprint density at radius 2 is 1.00 bits per heavy atom. The van der Waals surface area contributed by atoms with Crippen molar-refractivity contribution >= 4 is 9.47 Å². The molecular formula is C23H33O4P. The fourth-order valence-corrected chi connectivity index (χ4v) is 3.56. The zero-order chi connectivity index (χ0) is 21.3. The van der Waals surface area contributed by atoms with E-state index >= 15 is 0 Å². The van der Waals surface area contributed by atoms with Crippen LogP contribution in [-0.2, 0) is 10.8 Å². The van der Waals surface area contributed by atoms with Gasteiger partial charge in [0.1, 0.15) is 23.0 Å². The smallest absolute Gasteiger partial charge is 0.134 e. The Morgan fingerprint density at radius 3 is 1.32 bits per heavy atom. The van der Waals surface area contributed by atoms with Crippen molar-refractivity contribution in [3.8, 4) is 34.1 Å². The molecule has 0 fully saturated rings. The summed E-state index contributed by atoms with van der Waals surface area (Å²) in [5.74, 6) is 3.14. The average molecular weight is 404 g/mol. The third kappa shape index (κ3) is 4.38. The first kappa shape index (κ1) is 22.4. The second-order valence-electron chi connectivity index (χ2n) is 8.93. The van der Waals surface area contributed by atoms with E-state index in [1.807, 2.05) is 24.3 Å². The second kappa shape index (κ2) is 8.21. The van der Waals surface area contributed by atoms with Gasteiger partial charge in [-0.3, -0.25) is 0 Å². The minimum Gasteiger partial charge on any atom is -0.497 e. The standard InChI is InChI=1S/C23H33O4P/c1-22(2,3)18-12-14(24-7)10-16(20(18)26-9)17-11-15(25-8)13-19(21(17)27-28)23(4,5)6/h10-13H,28H2,1-9H3. The molecule has 4 nitrogen and oxygen atoms in total. The molecule has 0 heterocycles. The van der Waals surface area contributed by atoms with E-state index in [1.54, 1.807) is 21.3 Å². The first-order chi connectivity index (χ1) is 13.0. The lowest BCUT2D eigenvalue weighted by atomic mass is 9.81. The van der Waals surface area contributed by atoms with E-state index in [0.29, 0.717) is 0 Å². The van der Waals surface area contributed by atoms with Crippen molar-refractivity contribution in [3.63, 3.8) is 0 Å². The number of benzene rings is 2. The highest BCUT2D eigenvalue weighted by Gasteiger charge is 2.28. The Hall–Kier alpha value is -1.93. The van der Waals surface area contributed by atoms with E-state index in [1.165, 1.54) is 0 Å². The largest absolute Gasteiger partial charge is 0.497 e. The molecule has 0 aliphatic heterocycles. The van der Waals surface area contributed by atoms with Crippen LogP contribution in [0, 0.1) is 0 Å². The minimum absolute atomic E-state index is 0.123. The summed E-state index contributed by atoms with van der Waals surface area (Å²) in [7, 11) is 7.44. The number of ether oxygens (including phenoxy) is 3. The summed E-state index contributed by atoms with van der Waals surface area (Å²) in [5.41, 5.74) is 3.68. The third-order valence-electron chi connectivity index (χ3n) is 4.82. The Kier molecular flexibility index (Phi) is 6.55. The maximum absolute atomic E-state index is 5.90. The van der Waals surface area contributed by atoms with Gasteiger partial charge in [0, 0.05) is 22.3 Å². The SMILES string of the molecule is COc1cc(-c2cc(OC)cc(C(C)(C)C)c2OP)c(OC)c(C(C)(C)C)c1. The topological polar surface area (TPSA) is 36.9 Å². The van der Waals surface area contributed by atoms with Crippen LogP contribution in [0.2, 0.25) is 0 Å². The molecule has 2 aromatic carbocycles. The lowest BCUT2D eigenvalue weighted by Gasteiger charge is -2.28. The maximum Gasteiger partial charge on any atom is 0.134 e. The molecule has 28 heavy (non-hydrogen) atoms. The number of methoxy groups -OCH3 is 3. The van der Waals surface area contributed by atoms with Gasteiger partial charge in [0.05, 0.1) is 30.8 Å². The average Bonchev–Trinajstić information content (AvgIpc) is 2.64. The summed E-state index contributed by atoms with van der Waals surface area (Å²) < 4.78 is 22.9. The monoisotopic (exact) mass is 404 g/mol. The van der Waals surface area contributed by atoms with E-state index in [-0.39, 0.29) is 10.8 Å². The normalized spacial score (nSPS) is 11.9. The van der Waals surface area contributed by atoms with Gasteiger partial charge in [-0.25, -0.2) is 0 Å². The third-order valence-corrected chi connectivity index (χ3v) is 5.06. The number of rotatable bonds is 5. The van der Waals surface area contributed by atoms with Gasteiger partial charge in [-0.15, -0.1) is 0 Å². The van der Waals surface area contributed by atoms with E-state index < -0.39 is 0 Å². The molecule has 0 N–H and O–H groups in total. The second-order valence-corrected chi connectivity index (χ2v) is 9.16. The summed E-state index contributed by atoms with van der Waals surface area (Å²) in [6.07, 6.45) is 0. The van der Waals surface area contributed by atoms with E-state index in [9.17, 15) is 0 Å². The molecule has 2 rings (SSSR count). The quantitative estimate of drug-likeness (QED) is 0.561. The lowest BCUT2D eigenvalue weighted by Crippen LogP contribution is -2.15. The van der Waals surface area contributed by atoms with E-state index in [2.05, 4.69) is 51.0 Å². The Bertz CT molecular complexity index is 774. The zero-order valence-electron chi connectivity index (χ0n) is 18.5. The summed E-state index contributed by atoms with van der Waals surface area (Å²) in [6.45, 7) is 12.9. The summed E-state index contributed by atoms with van der Waals surface area (Å²) in [4.78, 5) is 0. The highest BCUT2D eigenvalue weighted by Crippen LogP contribution is 2.49.